The fraction of sp³-hybridized carbons (Fsp3) is 0.444. The van der Waals surface area contributed by atoms with Crippen molar-refractivity contribution in [2.75, 3.05) is 6.54 Å². The number of nitrogens with zero attached hydrogens (tertiary/aromatic N) is 1. The van der Waals surface area contributed by atoms with Gasteiger partial charge in [-0.1, -0.05) is 35.9 Å². The third kappa shape index (κ3) is 2.53. The molecule has 1 unspecified atom stereocenters. The van der Waals surface area contributed by atoms with Gasteiger partial charge in [-0.05, 0) is 44.2 Å². The molecule has 1 aromatic rings. The Morgan fingerprint density at radius 3 is 2.62 bits per heavy atom. The molecule has 1 heterocycles. The average molecular weight is 283 g/mol. The summed E-state index contributed by atoms with van der Waals surface area (Å²) in [6, 6.07) is 10.00. The topological polar surface area (TPSA) is 37.4 Å². The van der Waals surface area contributed by atoms with Crippen molar-refractivity contribution in [3.63, 3.8) is 0 Å². The zero-order valence-corrected chi connectivity index (χ0v) is 12.5. The Morgan fingerprint density at radius 2 is 1.90 bits per heavy atom. The van der Waals surface area contributed by atoms with E-state index in [2.05, 4.69) is 0 Å². The molecule has 3 heteroatoms. The summed E-state index contributed by atoms with van der Waals surface area (Å²) in [5, 5.41) is 0. The van der Waals surface area contributed by atoms with Gasteiger partial charge in [-0.15, -0.1) is 0 Å². The number of rotatable bonds is 2. The standard InChI is InChI=1S/C18H21NO2/c1-14-8-10-18(16(20)12-14)9-5-11-19(17(18)21)13-15-6-3-2-4-7-15/h2-4,6-7,12H,5,8-11,13H2,1H3. The monoisotopic (exact) mass is 283 g/mol. The van der Waals surface area contributed by atoms with Gasteiger partial charge in [0.05, 0.1) is 0 Å². The van der Waals surface area contributed by atoms with Crippen LogP contribution in [0.25, 0.3) is 0 Å². The highest BCUT2D eigenvalue weighted by Crippen LogP contribution is 2.41. The normalized spacial score (nSPS) is 26.1. The van der Waals surface area contributed by atoms with Crippen molar-refractivity contribution in [2.45, 2.75) is 39.2 Å². The maximum atomic E-state index is 12.9. The molecular formula is C18H21NO2. The molecule has 1 spiro atoms. The molecule has 2 aliphatic rings. The van der Waals surface area contributed by atoms with Crippen molar-refractivity contribution >= 4 is 11.7 Å². The molecule has 0 N–H and O–H groups in total. The van der Waals surface area contributed by atoms with Crippen LogP contribution in [0.5, 0.6) is 0 Å². The van der Waals surface area contributed by atoms with E-state index in [9.17, 15) is 9.59 Å². The molecule has 1 aliphatic carbocycles. The maximum absolute atomic E-state index is 12.9. The molecule has 1 aliphatic heterocycles. The Kier molecular flexibility index (Phi) is 3.66. The predicted octanol–water partition coefficient (Wildman–Crippen LogP) is 3.10. The number of hydrogen-bond acceptors (Lipinski definition) is 2. The molecule has 1 atom stereocenters. The smallest absolute Gasteiger partial charge is 0.236 e. The van der Waals surface area contributed by atoms with Crippen LogP contribution in [0.2, 0.25) is 0 Å². The number of carbonyl (C=O) groups excluding carboxylic acids is 2. The summed E-state index contributed by atoms with van der Waals surface area (Å²) in [7, 11) is 0. The first-order valence-electron chi connectivity index (χ1n) is 7.67. The first kappa shape index (κ1) is 14.1. The molecule has 21 heavy (non-hydrogen) atoms. The Balaban J connectivity index is 1.83. The van der Waals surface area contributed by atoms with Gasteiger partial charge in [-0.25, -0.2) is 0 Å². The second kappa shape index (κ2) is 5.47. The number of amides is 1. The Morgan fingerprint density at radius 1 is 1.14 bits per heavy atom. The minimum Gasteiger partial charge on any atom is -0.337 e. The van der Waals surface area contributed by atoms with Crippen LogP contribution in [0, 0.1) is 5.41 Å². The highest BCUT2D eigenvalue weighted by atomic mass is 16.2. The van der Waals surface area contributed by atoms with Crippen LogP contribution in [0.15, 0.2) is 42.0 Å². The lowest BCUT2D eigenvalue weighted by molar-refractivity contribution is -0.153. The number of likely N-dealkylation sites (tertiary alicyclic amines) is 1. The number of carbonyl (C=O) groups is 2. The van der Waals surface area contributed by atoms with Gasteiger partial charge in [-0.2, -0.15) is 0 Å². The zero-order chi connectivity index (χ0) is 14.9. The van der Waals surface area contributed by atoms with Gasteiger partial charge in [0, 0.05) is 13.1 Å². The molecule has 3 nitrogen and oxygen atoms in total. The quantitative estimate of drug-likeness (QED) is 0.782. The Labute approximate surface area is 125 Å². The molecule has 1 fully saturated rings. The van der Waals surface area contributed by atoms with Crippen molar-refractivity contribution in [2.24, 2.45) is 5.41 Å². The molecule has 1 saturated heterocycles. The van der Waals surface area contributed by atoms with Crippen LogP contribution < -0.4 is 0 Å². The fourth-order valence-corrected chi connectivity index (χ4v) is 3.47. The number of piperidine rings is 1. The molecule has 0 saturated carbocycles. The van der Waals surface area contributed by atoms with Crippen LogP contribution >= 0.6 is 0 Å². The lowest BCUT2D eigenvalue weighted by Gasteiger charge is -2.42. The summed E-state index contributed by atoms with van der Waals surface area (Å²) in [5.41, 5.74) is 1.45. The molecule has 0 bridgehead atoms. The van der Waals surface area contributed by atoms with Gasteiger partial charge in [0.25, 0.3) is 0 Å². The zero-order valence-electron chi connectivity index (χ0n) is 12.5. The Hall–Kier alpha value is -1.90. The SMILES string of the molecule is CC1=CC(=O)C2(CCCN(Cc3ccccc3)C2=O)CC1. The summed E-state index contributed by atoms with van der Waals surface area (Å²) < 4.78 is 0. The summed E-state index contributed by atoms with van der Waals surface area (Å²) in [4.78, 5) is 27.2. The molecule has 3 rings (SSSR count). The number of allylic oxidation sites excluding steroid dienone is 2. The first-order valence-corrected chi connectivity index (χ1v) is 7.67. The van der Waals surface area contributed by atoms with Gasteiger partial charge in [0.2, 0.25) is 5.91 Å². The summed E-state index contributed by atoms with van der Waals surface area (Å²) in [6.07, 6.45) is 4.85. The van der Waals surface area contributed by atoms with E-state index in [4.69, 9.17) is 0 Å². The largest absolute Gasteiger partial charge is 0.337 e. The van der Waals surface area contributed by atoms with E-state index in [1.54, 1.807) is 6.08 Å². The number of benzene rings is 1. The van der Waals surface area contributed by atoms with E-state index in [0.29, 0.717) is 19.4 Å². The van der Waals surface area contributed by atoms with Crippen molar-refractivity contribution in [3.8, 4) is 0 Å². The van der Waals surface area contributed by atoms with Gasteiger partial charge < -0.3 is 4.90 Å². The summed E-state index contributed by atoms with van der Waals surface area (Å²) in [5.74, 6) is 0.0559. The van der Waals surface area contributed by atoms with Crippen LogP contribution in [0.4, 0.5) is 0 Å². The van der Waals surface area contributed by atoms with Crippen molar-refractivity contribution in [3.05, 3.63) is 47.5 Å². The van der Waals surface area contributed by atoms with Gasteiger partial charge in [-0.3, -0.25) is 9.59 Å². The van der Waals surface area contributed by atoms with Crippen molar-refractivity contribution in [1.82, 2.24) is 4.90 Å². The summed E-state index contributed by atoms with van der Waals surface area (Å²) >= 11 is 0. The van der Waals surface area contributed by atoms with E-state index in [0.717, 1.165) is 30.5 Å². The van der Waals surface area contributed by atoms with Crippen LogP contribution in [0.1, 0.15) is 38.2 Å². The number of hydrogen-bond donors (Lipinski definition) is 0. The van der Waals surface area contributed by atoms with E-state index >= 15 is 0 Å². The van der Waals surface area contributed by atoms with Crippen LogP contribution in [0.3, 0.4) is 0 Å². The highest BCUT2D eigenvalue weighted by molar-refractivity contribution is 6.12. The molecule has 0 radical (unpaired) electrons. The molecule has 110 valence electrons. The second-order valence-corrected chi connectivity index (χ2v) is 6.25. The third-order valence-electron chi connectivity index (χ3n) is 4.74. The number of ketones is 1. The van der Waals surface area contributed by atoms with E-state index < -0.39 is 5.41 Å². The third-order valence-corrected chi connectivity index (χ3v) is 4.74. The molecular weight excluding hydrogens is 262 g/mol. The van der Waals surface area contributed by atoms with Crippen LogP contribution in [-0.4, -0.2) is 23.1 Å². The van der Waals surface area contributed by atoms with Crippen molar-refractivity contribution < 1.29 is 9.59 Å². The lowest BCUT2D eigenvalue weighted by atomic mass is 9.68. The highest BCUT2D eigenvalue weighted by Gasteiger charge is 2.49. The first-order chi connectivity index (χ1) is 10.1. The maximum Gasteiger partial charge on any atom is 0.236 e. The van der Waals surface area contributed by atoms with Crippen LogP contribution in [-0.2, 0) is 16.1 Å². The molecule has 1 aromatic carbocycles. The summed E-state index contributed by atoms with van der Waals surface area (Å²) in [6.45, 7) is 3.34. The minimum absolute atomic E-state index is 0.0222. The van der Waals surface area contributed by atoms with E-state index in [-0.39, 0.29) is 11.7 Å². The predicted molar refractivity (Wildman–Crippen MR) is 81.5 cm³/mol. The second-order valence-electron chi connectivity index (χ2n) is 6.25. The Bertz CT molecular complexity index is 590. The molecule has 1 amide bonds. The van der Waals surface area contributed by atoms with Gasteiger partial charge in [0.15, 0.2) is 5.78 Å². The average Bonchev–Trinajstić information content (AvgIpc) is 2.48. The van der Waals surface area contributed by atoms with Crippen molar-refractivity contribution in [1.29, 1.82) is 0 Å². The molecule has 0 aromatic heterocycles. The minimum atomic E-state index is -0.771. The van der Waals surface area contributed by atoms with Gasteiger partial charge >= 0.3 is 0 Å². The van der Waals surface area contributed by atoms with E-state index in [1.807, 2.05) is 42.2 Å². The van der Waals surface area contributed by atoms with E-state index in [1.165, 1.54) is 0 Å². The fourth-order valence-electron chi connectivity index (χ4n) is 3.47. The van der Waals surface area contributed by atoms with Gasteiger partial charge in [0.1, 0.15) is 5.41 Å². The lowest BCUT2D eigenvalue weighted by Crippen LogP contribution is -2.52.